The second kappa shape index (κ2) is 4.78. The maximum absolute atomic E-state index is 3.49. The highest BCUT2D eigenvalue weighted by atomic mass is 79.9. The van der Waals surface area contributed by atoms with Gasteiger partial charge in [-0.05, 0) is 62.5 Å². The van der Waals surface area contributed by atoms with Gasteiger partial charge in [0.25, 0.3) is 0 Å². The summed E-state index contributed by atoms with van der Waals surface area (Å²) >= 11 is 6.94. The van der Waals surface area contributed by atoms with Crippen LogP contribution in [0.3, 0.4) is 0 Å². The average molecular weight is 327 g/mol. The van der Waals surface area contributed by atoms with Gasteiger partial charge >= 0.3 is 0 Å². The predicted octanol–water partition coefficient (Wildman–Crippen LogP) is 3.67. The van der Waals surface area contributed by atoms with Crippen LogP contribution in [-0.4, -0.2) is 6.54 Å². The quantitative estimate of drug-likeness (QED) is 0.830. The van der Waals surface area contributed by atoms with E-state index in [1.807, 2.05) is 0 Å². The Kier molecular flexibility index (Phi) is 4.23. The second-order valence-electron chi connectivity index (χ2n) is 2.97. The summed E-state index contributed by atoms with van der Waals surface area (Å²) in [4.78, 5) is 0. The molecule has 1 nitrogen and oxygen atoms in total. The largest absolute Gasteiger partial charge is 0.310 e. The van der Waals surface area contributed by atoms with E-state index in [9.17, 15) is 0 Å². The van der Waals surface area contributed by atoms with Crippen LogP contribution in [0, 0.1) is 0 Å². The van der Waals surface area contributed by atoms with Gasteiger partial charge < -0.3 is 5.32 Å². The lowest BCUT2D eigenvalue weighted by molar-refractivity contribution is 0.383. The van der Waals surface area contributed by atoms with E-state index < -0.39 is 0 Å². The first-order chi connectivity index (χ1) is 5.77. The molecule has 0 radical (unpaired) electrons. The molecule has 13 heavy (non-hydrogen) atoms. The number of rotatable bonds is 1. The van der Waals surface area contributed by atoms with E-state index >= 15 is 0 Å². The summed E-state index contributed by atoms with van der Waals surface area (Å²) in [6, 6.07) is 6.99. The monoisotopic (exact) mass is 325 g/mol. The van der Waals surface area contributed by atoms with E-state index in [0.29, 0.717) is 6.04 Å². The molecule has 4 heteroatoms. The molecule has 0 aliphatic carbocycles. The molecule has 0 bridgehead atoms. The SMILES string of the molecule is Brc1ccc([C@H]2CCN2)cc1Br.Cl. The summed E-state index contributed by atoms with van der Waals surface area (Å²) in [5.41, 5.74) is 1.37. The van der Waals surface area contributed by atoms with Crippen LogP contribution in [0.1, 0.15) is 18.0 Å². The molecule has 0 spiro atoms. The Morgan fingerprint density at radius 2 is 1.92 bits per heavy atom. The van der Waals surface area contributed by atoms with E-state index in [0.717, 1.165) is 15.5 Å². The van der Waals surface area contributed by atoms with Crippen molar-refractivity contribution in [3.05, 3.63) is 32.7 Å². The van der Waals surface area contributed by atoms with Gasteiger partial charge in [0, 0.05) is 15.0 Å². The van der Waals surface area contributed by atoms with Crippen molar-refractivity contribution in [3.63, 3.8) is 0 Å². The van der Waals surface area contributed by atoms with E-state index in [1.165, 1.54) is 12.0 Å². The van der Waals surface area contributed by atoms with Gasteiger partial charge in [-0.1, -0.05) is 6.07 Å². The summed E-state index contributed by atoms with van der Waals surface area (Å²) in [7, 11) is 0. The Labute approximate surface area is 101 Å². The summed E-state index contributed by atoms with van der Waals surface area (Å²) in [5.74, 6) is 0. The summed E-state index contributed by atoms with van der Waals surface area (Å²) in [6.07, 6.45) is 1.26. The Morgan fingerprint density at radius 1 is 1.23 bits per heavy atom. The van der Waals surface area contributed by atoms with Crippen LogP contribution in [0.25, 0.3) is 0 Å². The van der Waals surface area contributed by atoms with Crippen molar-refractivity contribution in [2.24, 2.45) is 0 Å². The van der Waals surface area contributed by atoms with Crippen LogP contribution < -0.4 is 5.32 Å². The van der Waals surface area contributed by atoms with Crippen molar-refractivity contribution < 1.29 is 0 Å². The molecule has 2 rings (SSSR count). The van der Waals surface area contributed by atoms with Crippen LogP contribution in [-0.2, 0) is 0 Å². The van der Waals surface area contributed by atoms with E-state index in [2.05, 4.69) is 55.4 Å². The molecule has 1 aromatic rings. The van der Waals surface area contributed by atoms with Gasteiger partial charge in [-0.3, -0.25) is 0 Å². The fourth-order valence-electron chi connectivity index (χ4n) is 1.30. The molecular weight excluding hydrogens is 317 g/mol. The molecule has 1 saturated heterocycles. The highest BCUT2D eigenvalue weighted by Crippen LogP contribution is 2.29. The molecule has 1 aliphatic rings. The number of halogens is 3. The summed E-state index contributed by atoms with van der Waals surface area (Å²) in [5, 5.41) is 3.37. The van der Waals surface area contributed by atoms with Crippen LogP contribution in [0.4, 0.5) is 0 Å². The molecular formula is C9H10Br2ClN. The minimum atomic E-state index is 0. The molecule has 0 aromatic heterocycles. The van der Waals surface area contributed by atoms with Crippen molar-refractivity contribution >= 4 is 44.3 Å². The normalized spacial score (nSPS) is 20.3. The number of hydrogen-bond donors (Lipinski definition) is 1. The van der Waals surface area contributed by atoms with Crippen molar-refractivity contribution in [1.29, 1.82) is 0 Å². The molecule has 72 valence electrons. The molecule has 1 N–H and O–H groups in total. The third-order valence-corrected chi connectivity index (χ3v) is 4.05. The van der Waals surface area contributed by atoms with Gasteiger partial charge in [-0.25, -0.2) is 0 Å². The molecule has 1 aliphatic heterocycles. The second-order valence-corrected chi connectivity index (χ2v) is 4.68. The lowest BCUT2D eigenvalue weighted by Crippen LogP contribution is -2.34. The third-order valence-electron chi connectivity index (χ3n) is 2.17. The maximum Gasteiger partial charge on any atom is 0.0332 e. The zero-order valence-electron chi connectivity index (χ0n) is 6.89. The van der Waals surface area contributed by atoms with Gasteiger partial charge in [-0.2, -0.15) is 0 Å². The van der Waals surface area contributed by atoms with Crippen LogP contribution in [0.15, 0.2) is 27.1 Å². The van der Waals surface area contributed by atoms with Crippen LogP contribution in [0.5, 0.6) is 0 Å². The van der Waals surface area contributed by atoms with Gasteiger partial charge in [-0.15, -0.1) is 12.4 Å². The van der Waals surface area contributed by atoms with Gasteiger partial charge in [0.2, 0.25) is 0 Å². The number of hydrogen-bond acceptors (Lipinski definition) is 1. The Balaban J connectivity index is 0.000000845. The molecule has 1 aromatic carbocycles. The number of nitrogens with one attached hydrogen (secondary N) is 1. The smallest absolute Gasteiger partial charge is 0.0332 e. The molecule has 1 heterocycles. The van der Waals surface area contributed by atoms with Crippen molar-refractivity contribution in [3.8, 4) is 0 Å². The average Bonchev–Trinajstić information content (AvgIpc) is 1.93. The molecule has 1 fully saturated rings. The summed E-state index contributed by atoms with van der Waals surface area (Å²) < 4.78 is 2.25. The Morgan fingerprint density at radius 3 is 2.38 bits per heavy atom. The molecule has 0 amide bonds. The van der Waals surface area contributed by atoms with E-state index in [-0.39, 0.29) is 12.4 Å². The van der Waals surface area contributed by atoms with E-state index in [1.54, 1.807) is 0 Å². The topological polar surface area (TPSA) is 12.0 Å². The molecule has 1 atom stereocenters. The lowest BCUT2D eigenvalue weighted by atomic mass is 9.98. The first-order valence-electron chi connectivity index (χ1n) is 3.96. The van der Waals surface area contributed by atoms with Crippen molar-refractivity contribution in [1.82, 2.24) is 5.32 Å². The Bertz CT molecular complexity index is 300. The highest BCUT2D eigenvalue weighted by molar-refractivity contribution is 9.13. The maximum atomic E-state index is 3.49. The minimum Gasteiger partial charge on any atom is -0.310 e. The standard InChI is InChI=1S/C9H9Br2N.ClH/c10-7-2-1-6(5-8(7)11)9-3-4-12-9;/h1-2,5,9,12H,3-4H2;1H/t9-;/m1./s1. The first-order valence-corrected chi connectivity index (χ1v) is 5.54. The molecule has 0 unspecified atom stereocenters. The minimum absolute atomic E-state index is 0. The first kappa shape index (κ1) is 11.5. The predicted molar refractivity (Wildman–Crippen MR) is 64.5 cm³/mol. The fraction of sp³-hybridized carbons (Fsp3) is 0.333. The van der Waals surface area contributed by atoms with E-state index in [4.69, 9.17) is 0 Å². The van der Waals surface area contributed by atoms with Crippen molar-refractivity contribution in [2.45, 2.75) is 12.5 Å². The van der Waals surface area contributed by atoms with Crippen LogP contribution in [0.2, 0.25) is 0 Å². The Hall–Kier alpha value is 0.430. The third kappa shape index (κ3) is 2.46. The van der Waals surface area contributed by atoms with Gasteiger partial charge in [0.15, 0.2) is 0 Å². The molecule has 0 saturated carbocycles. The fourth-order valence-corrected chi connectivity index (χ4v) is 1.95. The number of benzene rings is 1. The summed E-state index contributed by atoms with van der Waals surface area (Å²) in [6.45, 7) is 1.15. The highest BCUT2D eigenvalue weighted by Gasteiger charge is 2.18. The zero-order valence-corrected chi connectivity index (χ0v) is 10.9. The zero-order chi connectivity index (χ0) is 8.55. The van der Waals surface area contributed by atoms with Gasteiger partial charge in [0.05, 0.1) is 0 Å². The lowest BCUT2D eigenvalue weighted by Gasteiger charge is -2.28. The van der Waals surface area contributed by atoms with Crippen molar-refractivity contribution in [2.75, 3.05) is 6.54 Å². The van der Waals surface area contributed by atoms with Gasteiger partial charge in [0.1, 0.15) is 0 Å². The van der Waals surface area contributed by atoms with Crippen LogP contribution >= 0.6 is 44.3 Å².